The molecule has 2 amide bonds. The van der Waals surface area contributed by atoms with Gasteiger partial charge in [-0.05, 0) is 30.4 Å². The van der Waals surface area contributed by atoms with E-state index in [-0.39, 0.29) is 37.8 Å². The summed E-state index contributed by atoms with van der Waals surface area (Å²) >= 11 is 14.1. The number of thiocarbonyl (C=S) groups is 1. The first-order valence-corrected chi connectivity index (χ1v) is 9.50. The number of methoxy groups -OCH3 is 1. The molecule has 1 aromatic carbocycles. The van der Waals surface area contributed by atoms with Crippen LogP contribution in [0.3, 0.4) is 0 Å². The van der Waals surface area contributed by atoms with Crippen molar-refractivity contribution in [1.82, 2.24) is 16.2 Å². The molecule has 1 rings (SSSR count). The number of carbonyl (C=O) groups is 3. The van der Waals surface area contributed by atoms with Crippen LogP contribution in [0.1, 0.15) is 12.8 Å². The fourth-order valence-electron chi connectivity index (χ4n) is 1.65. The predicted octanol–water partition coefficient (Wildman–Crippen LogP) is 1.47. The molecule has 0 saturated heterocycles. The molecule has 0 aliphatic rings. The van der Waals surface area contributed by atoms with Gasteiger partial charge in [0.05, 0.1) is 18.1 Å². The maximum atomic E-state index is 11.7. The summed E-state index contributed by atoms with van der Waals surface area (Å²) in [6.07, 6.45) is -0.223. The number of esters is 1. The molecule has 0 radical (unpaired) electrons. The number of carbonyl (C=O) groups excluding carboxylic acids is 3. The van der Waals surface area contributed by atoms with Crippen LogP contribution in [0, 0.1) is 0 Å². The number of rotatable bonds is 9. The first kappa shape index (κ1) is 24.1. The fourth-order valence-corrected chi connectivity index (χ4v) is 2.54. The van der Waals surface area contributed by atoms with Crippen LogP contribution in [0.25, 0.3) is 0 Å². The minimum atomic E-state index is -0.544. The summed E-state index contributed by atoms with van der Waals surface area (Å²) in [5, 5.41) is 2.53. The summed E-state index contributed by atoms with van der Waals surface area (Å²) < 4.78 is 15.6. The van der Waals surface area contributed by atoms with Gasteiger partial charge >= 0.3 is 5.97 Å². The molecule has 0 aliphatic heterocycles. The SMILES string of the molecule is COCCOC(=O)CCC(=O)NC(=S)NNC(=O)COc1ccc(Br)cc1Cl. The number of hydrogen-bond acceptors (Lipinski definition) is 7. The van der Waals surface area contributed by atoms with Crippen molar-refractivity contribution in [2.45, 2.75) is 12.8 Å². The molecular formula is C16H19BrClN3O6S. The average Bonchev–Trinajstić information content (AvgIpc) is 2.64. The van der Waals surface area contributed by atoms with Gasteiger partial charge in [0, 0.05) is 18.0 Å². The maximum absolute atomic E-state index is 11.7. The van der Waals surface area contributed by atoms with Crippen molar-refractivity contribution < 1.29 is 28.6 Å². The van der Waals surface area contributed by atoms with Crippen molar-refractivity contribution in [3.05, 3.63) is 27.7 Å². The molecule has 0 fully saturated rings. The summed E-state index contributed by atoms with van der Waals surface area (Å²) in [6.45, 7) is 0.0814. The molecule has 0 atom stereocenters. The summed E-state index contributed by atoms with van der Waals surface area (Å²) in [5.41, 5.74) is 4.61. The lowest BCUT2D eigenvalue weighted by molar-refractivity contribution is -0.146. The molecule has 0 unspecified atom stereocenters. The maximum Gasteiger partial charge on any atom is 0.306 e. The summed E-state index contributed by atoms with van der Waals surface area (Å²) in [7, 11) is 1.48. The van der Waals surface area contributed by atoms with Gasteiger partial charge in [-0.3, -0.25) is 25.2 Å². The molecule has 28 heavy (non-hydrogen) atoms. The zero-order valence-corrected chi connectivity index (χ0v) is 18.0. The van der Waals surface area contributed by atoms with Crippen molar-refractivity contribution in [2.75, 3.05) is 26.9 Å². The molecule has 0 spiro atoms. The smallest absolute Gasteiger partial charge is 0.306 e. The van der Waals surface area contributed by atoms with Gasteiger partial charge in [0.15, 0.2) is 11.7 Å². The normalized spacial score (nSPS) is 9.96. The van der Waals surface area contributed by atoms with Crippen LogP contribution in [-0.2, 0) is 23.9 Å². The van der Waals surface area contributed by atoms with E-state index in [2.05, 4.69) is 32.1 Å². The number of nitrogens with one attached hydrogen (secondary N) is 3. The largest absolute Gasteiger partial charge is 0.482 e. The van der Waals surface area contributed by atoms with E-state index < -0.39 is 17.8 Å². The third-order valence-electron chi connectivity index (χ3n) is 2.93. The van der Waals surface area contributed by atoms with E-state index in [9.17, 15) is 14.4 Å². The lowest BCUT2D eigenvalue weighted by atomic mass is 10.3. The number of hydrazine groups is 1. The Hall–Kier alpha value is -1.95. The molecule has 0 aromatic heterocycles. The number of hydrogen-bond donors (Lipinski definition) is 3. The van der Waals surface area contributed by atoms with Gasteiger partial charge in [0.25, 0.3) is 5.91 Å². The quantitative estimate of drug-likeness (QED) is 0.204. The van der Waals surface area contributed by atoms with Crippen molar-refractivity contribution in [3.63, 3.8) is 0 Å². The molecular weight excluding hydrogens is 478 g/mol. The number of halogens is 2. The lowest BCUT2D eigenvalue weighted by Crippen LogP contribution is -2.49. The Morgan fingerprint density at radius 1 is 1.14 bits per heavy atom. The Labute approximate surface area is 180 Å². The van der Waals surface area contributed by atoms with Crippen LogP contribution >= 0.6 is 39.7 Å². The monoisotopic (exact) mass is 495 g/mol. The van der Waals surface area contributed by atoms with Crippen molar-refractivity contribution in [1.29, 1.82) is 0 Å². The van der Waals surface area contributed by atoms with E-state index in [0.717, 1.165) is 4.47 Å². The van der Waals surface area contributed by atoms with Gasteiger partial charge in [0.1, 0.15) is 12.4 Å². The van der Waals surface area contributed by atoms with Crippen LogP contribution in [0.15, 0.2) is 22.7 Å². The van der Waals surface area contributed by atoms with E-state index in [1.54, 1.807) is 18.2 Å². The molecule has 3 N–H and O–H groups in total. The van der Waals surface area contributed by atoms with Crippen LogP contribution < -0.4 is 20.9 Å². The molecule has 0 aliphatic carbocycles. The standard InChI is InChI=1S/C16H19BrClN3O6S/c1-25-6-7-26-15(24)5-4-13(22)19-16(28)21-20-14(23)9-27-12-3-2-10(17)8-11(12)18/h2-3,8H,4-7,9H2,1H3,(H,20,23)(H2,19,21,22,28). The molecule has 0 saturated carbocycles. The zero-order chi connectivity index (χ0) is 20.9. The first-order valence-electron chi connectivity index (χ1n) is 7.93. The van der Waals surface area contributed by atoms with E-state index in [4.69, 9.17) is 38.0 Å². The average molecular weight is 497 g/mol. The molecule has 1 aromatic rings. The van der Waals surface area contributed by atoms with Gasteiger partial charge in [-0.25, -0.2) is 0 Å². The predicted molar refractivity (Wildman–Crippen MR) is 109 cm³/mol. The topological polar surface area (TPSA) is 115 Å². The summed E-state index contributed by atoms with van der Waals surface area (Å²) in [6, 6.07) is 4.96. The number of amides is 2. The van der Waals surface area contributed by atoms with Crippen molar-refractivity contribution in [3.8, 4) is 5.75 Å². The van der Waals surface area contributed by atoms with E-state index in [1.165, 1.54) is 7.11 Å². The zero-order valence-electron chi connectivity index (χ0n) is 14.9. The number of benzene rings is 1. The second-order valence-corrected chi connectivity index (χ2v) is 6.86. The highest BCUT2D eigenvalue weighted by Gasteiger charge is 2.11. The Morgan fingerprint density at radius 2 is 1.89 bits per heavy atom. The Morgan fingerprint density at radius 3 is 2.57 bits per heavy atom. The minimum absolute atomic E-state index is 0.105. The van der Waals surface area contributed by atoms with Crippen LogP contribution in [-0.4, -0.2) is 49.8 Å². The molecule has 12 heteroatoms. The van der Waals surface area contributed by atoms with Gasteiger partial charge in [-0.2, -0.15) is 0 Å². The Bertz CT molecular complexity index is 722. The molecule has 9 nitrogen and oxygen atoms in total. The van der Waals surface area contributed by atoms with E-state index >= 15 is 0 Å². The Balaban J connectivity index is 2.21. The van der Waals surface area contributed by atoms with Crippen LogP contribution in [0.2, 0.25) is 5.02 Å². The third-order valence-corrected chi connectivity index (χ3v) is 3.92. The van der Waals surface area contributed by atoms with E-state index in [1.807, 2.05) is 0 Å². The first-order chi connectivity index (χ1) is 13.3. The van der Waals surface area contributed by atoms with Gasteiger partial charge in [0.2, 0.25) is 5.91 Å². The molecule has 0 heterocycles. The van der Waals surface area contributed by atoms with Crippen LogP contribution in [0.4, 0.5) is 0 Å². The molecule has 0 bridgehead atoms. The second kappa shape index (κ2) is 13.3. The van der Waals surface area contributed by atoms with Gasteiger partial charge in [-0.1, -0.05) is 27.5 Å². The van der Waals surface area contributed by atoms with Gasteiger partial charge in [-0.15, -0.1) is 0 Å². The summed E-state index contributed by atoms with van der Waals surface area (Å²) in [5.74, 6) is -1.23. The molecule has 154 valence electrons. The van der Waals surface area contributed by atoms with Crippen LogP contribution in [0.5, 0.6) is 5.75 Å². The number of ether oxygens (including phenoxy) is 3. The Kier molecular flexibility index (Phi) is 11.4. The fraction of sp³-hybridized carbons (Fsp3) is 0.375. The second-order valence-electron chi connectivity index (χ2n) is 5.13. The van der Waals surface area contributed by atoms with E-state index in [0.29, 0.717) is 10.8 Å². The highest BCUT2D eigenvalue weighted by atomic mass is 79.9. The highest BCUT2D eigenvalue weighted by molar-refractivity contribution is 9.10. The van der Waals surface area contributed by atoms with Crippen molar-refractivity contribution in [2.24, 2.45) is 0 Å². The summed E-state index contributed by atoms with van der Waals surface area (Å²) in [4.78, 5) is 34.8. The highest BCUT2D eigenvalue weighted by Crippen LogP contribution is 2.27. The van der Waals surface area contributed by atoms with Crippen molar-refractivity contribution >= 4 is 62.6 Å². The third kappa shape index (κ3) is 10.4. The lowest BCUT2D eigenvalue weighted by Gasteiger charge is -2.12. The van der Waals surface area contributed by atoms with Gasteiger partial charge < -0.3 is 19.5 Å². The minimum Gasteiger partial charge on any atom is -0.482 e.